The molecule has 24 heavy (non-hydrogen) atoms. The molecule has 0 saturated carbocycles. The number of halogens is 1. The Balaban J connectivity index is 2.25. The molecular weight excluding hydrogens is 348 g/mol. The van der Waals surface area contributed by atoms with Crippen LogP contribution in [0.2, 0.25) is 5.02 Å². The van der Waals surface area contributed by atoms with Gasteiger partial charge in [0.05, 0.1) is 18.8 Å². The van der Waals surface area contributed by atoms with Crippen LogP contribution >= 0.6 is 11.6 Å². The highest BCUT2D eigenvalue weighted by Crippen LogP contribution is 2.30. The fourth-order valence-electron chi connectivity index (χ4n) is 2.04. The highest BCUT2D eigenvalue weighted by atomic mass is 35.5. The first kappa shape index (κ1) is 18.7. The van der Waals surface area contributed by atoms with Gasteiger partial charge in [-0.1, -0.05) is 31.0 Å². The van der Waals surface area contributed by atoms with Crippen LogP contribution in [-0.4, -0.2) is 20.0 Å². The van der Waals surface area contributed by atoms with Gasteiger partial charge in [-0.15, -0.1) is 0 Å². The second-order valence-corrected chi connectivity index (χ2v) is 7.54. The standard InChI is InChI=1S/C17H21ClN2O3S/c1-3-4-9-23-16-10-13(2)15(18)11-17(16)24(21,22)20-12-14-7-5-6-8-19-14/h5-8,10-11,20H,3-4,9,12H2,1-2H3. The first-order chi connectivity index (χ1) is 11.4. The molecule has 0 bridgehead atoms. The first-order valence-corrected chi connectivity index (χ1v) is 9.62. The highest BCUT2D eigenvalue weighted by molar-refractivity contribution is 7.89. The Kier molecular flexibility index (Phi) is 6.60. The molecule has 130 valence electrons. The molecule has 0 aliphatic rings. The lowest BCUT2D eigenvalue weighted by molar-refractivity contribution is 0.301. The number of hydrogen-bond donors (Lipinski definition) is 1. The monoisotopic (exact) mass is 368 g/mol. The predicted molar refractivity (Wildman–Crippen MR) is 94.9 cm³/mol. The number of nitrogens with one attached hydrogen (secondary N) is 1. The van der Waals surface area contributed by atoms with E-state index in [2.05, 4.69) is 9.71 Å². The van der Waals surface area contributed by atoms with Crippen LogP contribution in [0.3, 0.4) is 0 Å². The van der Waals surface area contributed by atoms with E-state index in [4.69, 9.17) is 16.3 Å². The largest absolute Gasteiger partial charge is 0.492 e. The van der Waals surface area contributed by atoms with Gasteiger partial charge in [-0.3, -0.25) is 4.98 Å². The van der Waals surface area contributed by atoms with Crippen molar-refractivity contribution in [2.45, 2.75) is 38.1 Å². The van der Waals surface area contributed by atoms with Gasteiger partial charge in [0.1, 0.15) is 10.6 Å². The molecule has 0 spiro atoms. The van der Waals surface area contributed by atoms with Gasteiger partial charge in [-0.25, -0.2) is 13.1 Å². The number of pyridine rings is 1. The normalized spacial score (nSPS) is 11.5. The van der Waals surface area contributed by atoms with E-state index in [1.807, 2.05) is 13.8 Å². The number of nitrogens with zero attached hydrogens (tertiary/aromatic N) is 1. The lowest BCUT2D eigenvalue weighted by Crippen LogP contribution is -2.24. The van der Waals surface area contributed by atoms with E-state index in [1.54, 1.807) is 30.5 Å². The molecule has 0 saturated heterocycles. The second kappa shape index (κ2) is 8.46. The molecule has 0 aliphatic carbocycles. The lowest BCUT2D eigenvalue weighted by Gasteiger charge is -2.14. The van der Waals surface area contributed by atoms with Gasteiger partial charge in [0.2, 0.25) is 10.0 Å². The third kappa shape index (κ3) is 4.93. The molecule has 1 N–H and O–H groups in total. The smallest absolute Gasteiger partial charge is 0.244 e. The fraction of sp³-hybridized carbons (Fsp3) is 0.353. The van der Waals surface area contributed by atoms with Gasteiger partial charge in [-0.2, -0.15) is 0 Å². The maximum atomic E-state index is 12.6. The fourth-order valence-corrected chi connectivity index (χ4v) is 3.41. The molecule has 1 aromatic heterocycles. The van der Waals surface area contributed by atoms with Crippen LogP contribution in [0.1, 0.15) is 31.0 Å². The molecule has 0 aliphatic heterocycles. The molecule has 0 amide bonds. The van der Waals surface area contributed by atoms with Gasteiger partial charge in [0.25, 0.3) is 0 Å². The van der Waals surface area contributed by atoms with Gasteiger partial charge < -0.3 is 4.74 Å². The van der Waals surface area contributed by atoms with Gasteiger partial charge in [-0.05, 0) is 43.2 Å². The minimum Gasteiger partial charge on any atom is -0.492 e. The van der Waals surface area contributed by atoms with Crippen LogP contribution in [0, 0.1) is 6.92 Å². The molecule has 0 unspecified atom stereocenters. The number of benzene rings is 1. The Labute approximate surface area is 148 Å². The maximum absolute atomic E-state index is 12.6. The molecule has 1 aromatic carbocycles. The molecule has 2 rings (SSSR count). The average Bonchev–Trinajstić information content (AvgIpc) is 2.57. The molecule has 5 nitrogen and oxygen atoms in total. The predicted octanol–water partition coefficient (Wildman–Crippen LogP) is 3.70. The summed E-state index contributed by atoms with van der Waals surface area (Å²) in [5.74, 6) is 0.318. The van der Waals surface area contributed by atoms with Crippen LogP contribution in [0.15, 0.2) is 41.4 Å². The topological polar surface area (TPSA) is 68.3 Å². The quantitative estimate of drug-likeness (QED) is 0.721. The van der Waals surface area contributed by atoms with Crippen molar-refractivity contribution in [2.75, 3.05) is 6.61 Å². The Bertz CT molecular complexity index is 780. The number of aryl methyl sites for hydroxylation is 1. The Morgan fingerprint density at radius 1 is 1.29 bits per heavy atom. The molecular formula is C17H21ClN2O3S. The highest BCUT2D eigenvalue weighted by Gasteiger charge is 2.21. The Morgan fingerprint density at radius 2 is 2.08 bits per heavy atom. The number of hydrogen-bond acceptors (Lipinski definition) is 4. The third-order valence-electron chi connectivity index (χ3n) is 3.44. The zero-order chi connectivity index (χ0) is 17.6. The molecule has 2 aromatic rings. The second-order valence-electron chi connectivity index (χ2n) is 5.40. The van der Waals surface area contributed by atoms with Crippen molar-refractivity contribution in [1.82, 2.24) is 9.71 Å². The van der Waals surface area contributed by atoms with Crippen molar-refractivity contribution < 1.29 is 13.2 Å². The summed E-state index contributed by atoms with van der Waals surface area (Å²) in [7, 11) is -3.76. The number of ether oxygens (including phenoxy) is 1. The average molecular weight is 369 g/mol. The minimum atomic E-state index is -3.76. The van der Waals surface area contributed by atoms with Crippen molar-refractivity contribution in [3.63, 3.8) is 0 Å². The van der Waals surface area contributed by atoms with E-state index in [-0.39, 0.29) is 11.4 Å². The van der Waals surface area contributed by atoms with E-state index in [0.717, 1.165) is 18.4 Å². The summed E-state index contributed by atoms with van der Waals surface area (Å²) in [6.45, 7) is 4.42. The lowest BCUT2D eigenvalue weighted by atomic mass is 10.2. The summed E-state index contributed by atoms with van der Waals surface area (Å²) in [4.78, 5) is 4.15. The van der Waals surface area contributed by atoms with Crippen LogP contribution in [0.4, 0.5) is 0 Å². The van der Waals surface area contributed by atoms with Gasteiger partial charge in [0.15, 0.2) is 0 Å². The minimum absolute atomic E-state index is 0.0464. The van der Waals surface area contributed by atoms with Crippen LogP contribution in [0.25, 0.3) is 0 Å². The Hall–Kier alpha value is -1.63. The maximum Gasteiger partial charge on any atom is 0.244 e. The van der Waals surface area contributed by atoms with Crippen LogP contribution in [-0.2, 0) is 16.6 Å². The number of rotatable bonds is 8. The molecule has 1 heterocycles. The van der Waals surface area contributed by atoms with Gasteiger partial charge >= 0.3 is 0 Å². The molecule has 0 radical (unpaired) electrons. The summed E-state index contributed by atoms with van der Waals surface area (Å²) in [6.07, 6.45) is 3.43. The summed E-state index contributed by atoms with van der Waals surface area (Å²) in [5, 5.41) is 0.385. The van der Waals surface area contributed by atoms with Crippen LogP contribution in [0.5, 0.6) is 5.75 Å². The van der Waals surface area contributed by atoms with E-state index in [0.29, 0.717) is 23.1 Å². The summed E-state index contributed by atoms with van der Waals surface area (Å²) < 4.78 is 33.5. The Morgan fingerprint density at radius 3 is 2.75 bits per heavy atom. The number of unbranched alkanes of at least 4 members (excludes halogenated alkanes) is 1. The van der Waals surface area contributed by atoms with E-state index < -0.39 is 10.0 Å². The van der Waals surface area contributed by atoms with Crippen molar-refractivity contribution in [2.24, 2.45) is 0 Å². The first-order valence-electron chi connectivity index (χ1n) is 7.76. The van der Waals surface area contributed by atoms with E-state index in [9.17, 15) is 8.42 Å². The number of aromatic nitrogens is 1. The number of sulfonamides is 1. The zero-order valence-corrected chi connectivity index (χ0v) is 15.3. The van der Waals surface area contributed by atoms with Crippen LogP contribution < -0.4 is 9.46 Å². The van der Waals surface area contributed by atoms with E-state index >= 15 is 0 Å². The molecule has 7 heteroatoms. The van der Waals surface area contributed by atoms with Crippen molar-refractivity contribution in [1.29, 1.82) is 0 Å². The summed E-state index contributed by atoms with van der Waals surface area (Å²) in [6, 6.07) is 8.42. The van der Waals surface area contributed by atoms with Crippen molar-refractivity contribution in [3.05, 3.63) is 52.8 Å². The third-order valence-corrected chi connectivity index (χ3v) is 5.27. The zero-order valence-electron chi connectivity index (χ0n) is 13.8. The summed E-state index contributed by atoms with van der Waals surface area (Å²) in [5.41, 5.74) is 1.40. The van der Waals surface area contributed by atoms with E-state index in [1.165, 1.54) is 6.07 Å². The molecule has 0 fully saturated rings. The summed E-state index contributed by atoms with van der Waals surface area (Å²) >= 11 is 6.11. The van der Waals surface area contributed by atoms with Crippen molar-refractivity contribution in [3.8, 4) is 5.75 Å². The SMILES string of the molecule is CCCCOc1cc(C)c(Cl)cc1S(=O)(=O)NCc1ccccn1. The van der Waals surface area contributed by atoms with Crippen molar-refractivity contribution >= 4 is 21.6 Å². The molecule has 0 atom stereocenters. The van der Waals surface area contributed by atoms with Gasteiger partial charge in [0, 0.05) is 11.2 Å².